The second kappa shape index (κ2) is 6.19. The summed E-state index contributed by atoms with van der Waals surface area (Å²) in [6.07, 6.45) is 3.15. The first kappa shape index (κ1) is 12.6. The van der Waals surface area contributed by atoms with Crippen LogP contribution in [0.1, 0.15) is 31.5 Å². The lowest BCUT2D eigenvalue weighted by Gasteiger charge is -2.16. The zero-order chi connectivity index (χ0) is 12.0. The lowest BCUT2D eigenvalue weighted by Crippen LogP contribution is -2.29. The Morgan fingerprint density at radius 1 is 1.62 bits per heavy atom. The molecule has 0 fully saturated rings. The first-order valence-corrected chi connectivity index (χ1v) is 5.20. The fourth-order valence-corrected chi connectivity index (χ4v) is 1.34. The molecule has 0 saturated carbocycles. The standard InChI is InChI=1S/C11H18N4O/c1-4-8(2)5-10(15-12)9-6-11(16-3)14-7-13-9/h6-7,10,15H,2,4-5,12H2,1,3H3. The minimum absolute atomic E-state index is 0.0515. The van der Waals surface area contributed by atoms with Crippen molar-refractivity contribution in [1.82, 2.24) is 15.4 Å². The third-order valence-electron chi connectivity index (χ3n) is 2.42. The number of nitrogens with two attached hydrogens (primary N) is 1. The highest BCUT2D eigenvalue weighted by molar-refractivity contribution is 5.18. The molecule has 88 valence electrons. The van der Waals surface area contributed by atoms with Crippen molar-refractivity contribution in [2.75, 3.05) is 7.11 Å². The SMILES string of the molecule is C=C(CC)CC(NN)c1cc(OC)ncn1. The summed E-state index contributed by atoms with van der Waals surface area (Å²) in [7, 11) is 1.57. The summed E-state index contributed by atoms with van der Waals surface area (Å²) in [5.41, 5.74) is 4.66. The Balaban J connectivity index is 2.81. The molecule has 0 aliphatic heterocycles. The molecule has 0 saturated heterocycles. The van der Waals surface area contributed by atoms with Crippen molar-refractivity contribution in [3.63, 3.8) is 0 Å². The molecule has 0 radical (unpaired) electrons. The fourth-order valence-electron chi connectivity index (χ4n) is 1.34. The van der Waals surface area contributed by atoms with Crippen molar-refractivity contribution in [1.29, 1.82) is 0 Å². The van der Waals surface area contributed by atoms with Gasteiger partial charge in [-0.2, -0.15) is 0 Å². The van der Waals surface area contributed by atoms with Gasteiger partial charge in [-0.25, -0.2) is 9.97 Å². The Hall–Kier alpha value is -1.46. The van der Waals surface area contributed by atoms with Crippen LogP contribution in [-0.2, 0) is 0 Å². The van der Waals surface area contributed by atoms with E-state index in [0.29, 0.717) is 5.88 Å². The predicted molar refractivity (Wildman–Crippen MR) is 62.7 cm³/mol. The van der Waals surface area contributed by atoms with Crippen LogP contribution in [0.25, 0.3) is 0 Å². The lowest BCUT2D eigenvalue weighted by atomic mass is 10.0. The topological polar surface area (TPSA) is 73.1 Å². The molecule has 1 heterocycles. The normalized spacial score (nSPS) is 12.2. The lowest BCUT2D eigenvalue weighted by molar-refractivity contribution is 0.393. The Morgan fingerprint density at radius 3 is 2.94 bits per heavy atom. The Kier molecular flexibility index (Phi) is 4.88. The van der Waals surface area contributed by atoms with Crippen molar-refractivity contribution in [2.45, 2.75) is 25.8 Å². The van der Waals surface area contributed by atoms with Crippen LogP contribution < -0.4 is 16.0 Å². The number of rotatable bonds is 6. The number of hydrogen-bond acceptors (Lipinski definition) is 5. The zero-order valence-corrected chi connectivity index (χ0v) is 9.73. The van der Waals surface area contributed by atoms with Crippen molar-refractivity contribution < 1.29 is 4.74 Å². The van der Waals surface area contributed by atoms with Gasteiger partial charge in [-0.3, -0.25) is 11.3 Å². The quantitative estimate of drug-likeness (QED) is 0.432. The van der Waals surface area contributed by atoms with Gasteiger partial charge in [0, 0.05) is 6.07 Å². The average Bonchev–Trinajstić information content (AvgIpc) is 2.35. The van der Waals surface area contributed by atoms with Gasteiger partial charge < -0.3 is 4.74 Å². The number of ether oxygens (including phenoxy) is 1. The van der Waals surface area contributed by atoms with Crippen molar-refractivity contribution in [2.24, 2.45) is 5.84 Å². The molecule has 1 atom stereocenters. The molecule has 0 bridgehead atoms. The summed E-state index contributed by atoms with van der Waals surface area (Å²) in [5.74, 6) is 6.04. The van der Waals surface area contributed by atoms with Crippen molar-refractivity contribution in [3.8, 4) is 5.88 Å². The van der Waals surface area contributed by atoms with Crippen LogP contribution in [0.15, 0.2) is 24.5 Å². The van der Waals surface area contributed by atoms with E-state index in [1.165, 1.54) is 6.33 Å². The van der Waals surface area contributed by atoms with Crippen LogP contribution in [0.2, 0.25) is 0 Å². The van der Waals surface area contributed by atoms with Crippen LogP contribution in [0.5, 0.6) is 5.88 Å². The molecule has 5 nitrogen and oxygen atoms in total. The summed E-state index contributed by atoms with van der Waals surface area (Å²) >= 11 is 0. The molecular formula is C11H18N4O. The molecular weight excluding hydrogens is 204 g/mol. The number of methoxy groups -OCH3 is 1. The van der Waals surface area contributed by atoms with Gasteiger partial charge in [-0.05, 0) is 12.8 Å². The van der Waals surface area contributed by atoms with Crippen LogP contribution in [0.3, 0.4) is 0 Å². The van der Waals surface area contributed by atoms with Gasteiger partial charge in [0.25, 0.3) is 0 Å². The maximum atomic E-state index is 5.51. The van der Waals surface area contributed by atoms with Gasteiger partial charge in [0.05, 0.1) is 18.8 Å². The number of nitrogens with zero attached hydrogens (tertiary/aromatic N) is 2. The van der Waals surface area contributed by atoms with Crippen molar-refractivity contribution >= 4 is 0 Å². The molecule has 0 aliphatic rings. The predicted octanol–water partition coefficient (Wildman–Crippen LogP) is 1.35. The third-order valence-corrected chi connectivity index (χ3v) is 2.42. The van der Waals surface area contributed by atoms with Gasteiger partial charge >= 0.3 is 0 Å². The van der Waals surface area contributed by atoms with E-state index in [4.69, 9.17) is 10.6 Å². The summed E-state index contributed by atoms with van der Waals surface area (Å²) in [6, 6.07) is 1.72. The second-order valence-electron chi connectivity index (χ2n) is 3.51. The Labute approximate surface area is 95.7 Å². The summed E-state index contributed by atoms with van der Waals surface area (Å²) in [4.78, 5) is 8.12. The van der Waals surface area contributed by atoms with Crippen LogP contribution >= 0.6 is 0 Å². The summed E-state index contributed by atoms with van der Waals surface area (Å²) in [6.45, 7) is 6.02. The van der Waals surface area contributed by atoms with Gasteiger partial charge in [0.1, 0.15) is 6.33 Å². The maximum Gasteiger partial charge on any atom is 0.216 e. The number of hydrazine groups is 1. The second-order valence-corrected chi connectivity index (χ2v) is 3.51. The highest BCUT2D eigenvalue weighted by atomic mass is 16.5. The molecule has 3 N–H and O–H groups in total. The van der Waals surface area contributed by atoms with Crippen LogP contribution in [0.4, 0.5) is 0 Å². The van der Waals surface area contributed by atoms with E-state index in [2.05, 4.69) is 28.9 Å². The number of aromatic nitrogens is 2. The van der Waals surface area contributed by atoms with Crippen molar-refractivity contribution in [3.05, 3.63) is 30.2 Å². The molecule has 16 heavy (non-hydrogen) atoms. The first-order chi connectivity index (χ1) is 7.71. The van der Waals surface area contributed by atoms with Gasteiger partial charge in [0.15, 0.2) is 0 Å². The molecule has 0 amide bonds. The molecule has 1 unspecified atom stereocenters. The van der Waals surface area contributed by atoms with E-state index in [1.807, 2.05) is 0 Å². The largest absolute Gasteiger partial charge is 0.481 e. The molecule has 0 aromatic carbocycles. The zero-order valence-electron chi connectivity index (χ0n) is 9.73. The Bertz CT molecular complexity index is 354. The van der Waals surface area contributed by atoms with E-state index in [9.17, 15) is 0 Å². The Morgan fingerprint density at radius 2 is 2.38 bits per heavy atom. The van der Waals surface area contributed by atoms with Gasteiger partial charge in [0.2, 0.25) is 5.88 Å². The highest BCUT2D eigenvalue weighted by Crippen LogP contribution is 2.21. The highest BCUT2D eigenvalue weighted by Gasteiger charge is 2.13. The van der Waals surface area contributed by atoms with E-state index < -0.39 is 0 Å². The van der Waals surface area contributed by atoms with E-state index >= 15 is 0 Å². The molecule has 1 aromatic rings. The fraction of sp³-hybridized carbons (Fsp3) is 0.455. The van der Waals surface area contributed by atoms with E-state index in [0.717, 1.165) is 24.1 Å². The smallest absolute Gasteiger partial charge is 0.216 e. The maximum absolute atomic E-state index is 5.51. The van der Waals surface area contributed by atoms with Crippen LogP contribution in [0, 0.1) is 0 Å². The number of nitrogens with one attached hydrogen (secondary N) is 1. The monoisotopic (exact) mass is 222 g/mol. The molecule has 1 aromatic heterocycles. The average molecular weight is 222 g/mol. The molecule has 0 spiro atoms. The first-order valence-electron chi connectivity index (χ1n) is 5.20. The molecule has 5 heteroatoms. The van der Waals surface area contributed by atoms with Gasteiger partial charge in [-0.15, -0.1) is 0 Å². The third kappa shape index (κ3) is 3.29. The van der Waals surface area contributed by atoms with E-state index in [1.54, 1.807) is 13.2 Å². The minimum atomic E-state index is -0.0515. The molecule has 0 aliphatic carbocycles. The van der Waals surface area contributed by atoms with E-state index in [-0.39, 0.29) is 6.04 Å². The molecule has 1 rings (SSSR count). The summed E-state index contributed by atoms with van der Waals surface area (Å²) < 4.78 is 5.04. The summed E-state index contributed by atoms with van der Waals surface area (Å²) in [5, 5.41) is 0. The number of hydrogen-bond donors (Lipinski definition) is 2. The van der Waals surface area contributed by atoms with Gasteiger partial charge in [-0.1, -0.05) is 19.1 Å². The van der Waals surface area contributed by atoms with Crippen LogP contribution in [-0.4, -0.2) is 17.1 Å². The minimum Gasteiger partial charge on any atom is -0.481 e.